The van der Waals surface area contributed by atoms with E-state index < -0.39 is 4.33 Å². The number of para-hydroxylation sites is 1. The Morgan fingerprint density at radius 2 is 1.85 bits per heavy atom. The lowest BCUT2D eigenvalue weighted by molar-refractivity contribution is 0.174. The Morgan fingerprint density at radius 3 is 2.63 bits per heavy atom. The number of hydrogen-bond acceptors (Lipinski definition) is 5. The Hall–Kier alpha value is -1.89. The van der Waals surface area contributed by atoms with Gasteiger partial charge in [-0.1, -0.05) is 30.0 Å². The Balaban J connectivity index is 1.53. The predicted octanol–water partition coefficient (Wildman–Crippen LogP) is 4.95. The molecule has 5 nitrogen and oxygen atoms in total. The highest BCUT2D eigenvalue weighted by Crippen LogP contribution is 2.54. The number of aromatic nitrogens is 3. The lowest BCUT2D eigenvalue weighted by Gasteiger charge is -2.10. The molecule has 8 heteroatoms. The maximum Gasteiger partial charge on any atom is 0.231 e. The first-order chi connectivity index (χ1) is 13.1. The zero-order valence-electron chi connectivity index (χ0n) is 14.1. The minimum atomic E-state index is -0.593. The molecule has 0 spiro atoms. The number of alkyl halides is 2. The maximum atomic E-state index is 6.17. The van der Waals surface area contributed by atoms with Crippen LogP contribution >= 0.6 is 35.0 Å². The molecular formula is C19H15Cl2N3O2S. The predicted molar refractivity (Wildman–Crippen MR) is 106 cm³/mol. The molecule has 0 saturated heterocycles. The smallest absolute Gasteiger partial charge is 0.231 e. The van der Waals surface area contributed by atoms with Crippen LogP contribution in [-0.2, 0) is 0 Å². The molecule has 0 radical (unpaired) electrons. The summed E-state index contributed by atoms with van der Waals surface area (Å²) in [7, 11) is 0. The summed E-state index contributed by atoms with van der Waals surface area (Å²) < 4.78 is 12.4. The molecule has 1 aromatic heterocycles. The van der Waals surface area contributed by atoms with Crippen molar-refractivity contribution in [1.82, 2.24) is 14.8 Å². The number of hydrogen-bond donors (Lipinski definition) is 0. The van der Waals surface area contributed by atoms with Crippen molar-refractivity contribution in [2.75, 3.05) is 12.5 Å². The van der Waals surface area contributed by atoms with Crippen LogP contribution in [0.15, 0.2) is 53.7 Å². The van der Waals surface area contributed by atoms with Crippen LogP contribution in [0.3, 0.4) is 0 Å². The van der Waals surface area contributed by atoms with Gasteiger partial charge in [0.25, 0.3) is 0 Å². The van der Waals surface area contributed by atoms with Crippen LogP contribution in [0.4, 0.5) is 0 Å². The van der Waals surface area contributed by atoms with Crippen molar-refractivity contribution >= 4 is 35.0 Å². The molecule has 0 N–H and O–H groups in total. The van der Waals surface area contributed by atoms with Crippen molar-refractivity contribution in [3.63, 3.8) is 0 Å². The molecule has 1 aliphatic heterocycles. The first-order valence-corrected chi connectivity index (χ1v) is 10.3. The zero-order chi connectivity index (χ0) is 18.4. The van der Waals surface area contributed by atoms with Gasteiger partial charge in [0.15, 0.2) is 22.5 Å². The molecule has 3 aromatic rings. The molecule has 1 saturated carbocycles. The monoisotopic (exact) mass is 419 g/mol. The van der Waals surface area contributed by atoms with E-state index in [2.05, 4.69) is 14.8 Å². The van der Waals surface area contributed by atoms with Crippen LogP contribution in [0.1, 0.15) is 6.42 Å². The molecule has 2 aromatic carbocycles. The third-order valence-electron chi connectivity index (χ3n) is 4.65. The van der Waals surface area contributed by atoms with Gasteiger partial charge in [-0.15, -0.1) is 33.4 Å². The topological polar surface area (TPSA) is 49.2 Å². The average Bonchev–Trinajstić information content (AvgIpc) is 3.07. The number of halogens is 2. The van der Waals surface area contributed by atoms with Crippen molar-refractivity contribution in [2.45, 2.75) is 15.9 Å². The van der Waals surface area contributed by atoms with Crippen molar-refractivity contribution in [1.29, 1.82) is 0 Å². The first kappa shape index (κ1) is 17.2. The van der Waals surface area contributed by atoms with E-state index in [1.165, 1.54) is 0 Å². The van der Waals surface area contributed by atoms with E-state index in [9.17, 15) is 0 Å². The lowest BCUT2D eigenvalue weighted by Crippen LogP contribution is -2.01. The molecule has 27 heavy (non-hydrogen) atoms. The van der Waals surface area contributed by atoms with Gasteiger partial charge < -0.3 is 9.47 Å². The summed E-state index contributed by atoms with van der Waals surface area (Å²) in [6, 6.07) is 15.9. The van der Waals surface area contributed by atoms with Gasteiger partial charge in [0.2, 0.25) is 6.79 Å². The van der Waals surface area contributed by atoms with Crippen molar-refractivity contribution in [3.05, 3.63) is 48.5 Å². The standard InChI is InChI=1S/C19H15Cl2N3O2S/c20-19(21)9-13(19)10-27-18-23-22-17(24(18)14-4-2-1-3-5-14)12-6-7-15-16(8-12)26-11-25-15/h1-8,13H,9-11H2/t13-/m0/s1. The minimum absolute atomic E-state index is 0.241. The van der Waals surface area contributed by atoms with Crippen LogP contribution in [0.5, 0.6) is 11.5 Å². The quantitative estimate of drug-likeness (QED) is 0.432. The molecule has 0 amide bonds. The summed E-state index contributed by atoms with van der Waals surface area (Å²) >= 11 is 14.0. The van der Waals surface area contributed by atoms with Gasteiger partial charge in [0.1, 0.15) is 4.33 Å². The number of thioether (sulfide) groups is 1. The fourth-order valence-electron chi connectivity index (χ4n) is 3.02. The van der Waals surface area contributed by atoms with E-state index in [0.29, 0.717) is 0 Å². The van der Waals surface area contributed by atoms with Crippen LogP contribution in [0, 0.1) is 5.92 Å². The Bertz CT molecular complexity index is 994. The number of rotatable bonds is 5. The van der Waals surface area contributed by atoms with E-state index in [0.717, 1.165) is 45.9 Å². The normalized spacial score (nSPS) is 19.3. The largest absolute Gasteiger partial charge is 0.454 e. The van der Waals surface area contributed by atoms with Crippen LogP contribution in [0.2, 0.25) is 0 Å². The van der Waals surface area contributed by atoms with E-state index in [4.69, 9.17) is 32.7 Å². The third kappa shape index (κ3) is 3.26. The highest BCUT2D eigenvalue weighted by molar-refractivity contribution is 7.99. The maximum absolute atomic E-state index is 6.17. The molecule has 2 heterocycles. The van der Waals surface area contributed by atoms with Gasteiger partial charge in [-0.2, -0.15) is 0 Å². The van der Waals surface area contributed by atoms with Gasteiger partial charge >= 0.3 is 0 Å². The SMILES string of the molecule is ClC1(Cl)C[C@H]1CSc1nnc(-c2ccc3c(c2)OCO3)n1-c1ccccc1. The van der Waals surface area contributed by atoms with Crippen LogP contribution < -0.4 is 9.47 Å². The van der Waals surface area contributed by atoms with Gasteiger partial charge in [-0.05, 0) is 36.8 Å². The third-order valence-corrected chi connectivity index (χ3v) is 6.67. The number of nitrogens with zero attached hydrogens (tertiary/aromatic N) is 3. The molecule has 0 bridgehead atoms. The highest BCUT2D eigenvalue weighted by Gasteiger charge is 2.51. The number of ether oxygens (including phenoxy) is 2. The van der Waals surface area contributed by atoms with Gasteiger partial charge in [0, 0.05) is 22.9 Å². The zero-order valence-corrected chi connectivity index (χ0v) is 16.5. The molecule has 5 rings (SSSR count). The highest BCUT2D eigenvalue weighted by atomic mass is 35.5. The second-order valence-corrected chi connectivity index (χ2v) is 9.05. The second kappa shape index (κ2) is 6.62. The first-order valence-electron chi connectivity index (χ1n) is 8.53. The fourth-order valence-corrected chi connectivity index (χ4v) is 4.90. The van der Waals surface area contributed by atoms with E-state index in [-0.39, 0.29) is 12.7 Å². The summed E-state index contributed by atoms with van der Waals surface area (Å²) in [6.45, 7) is 0.241. The summed E-state index contributed by atoms with van der Waals surface area (Å²) in [5, 5.41) is 9.69. The van der Waals surface area contributed by atoms with E-state index >= 15 is 0 Å². The summed E-state index contributed by atoms with van der Waals surface area (Å²) in [4.78, 5) is 0. The van der Waals surface area contributed by atoms with E-state index in [1.807, 2.05) is 48.5 Å². The van der Waals surface area contributed by atoms with Crippen LogP contribution in [-0.4, -0.2) is 31.6 Å². The van der Waals surface area contributed by atoms with E-state index in [1.54, 1.807) is 11.8 Å². The van der Waals surface area contributed by atoms with Gasteiger partial charge in [-0.3, -0.25) is 4.57 Å². The van der Waals surface area contributed by atoms with Crippen molar-refractivity contribution in [2.24, 2.45) is 5.92 Å². The Labute approximate surface area is 170 Å². The Morgan fingerprint density at radius 1 is 1.07 bits per heavy atom. The minimum Gasteiger partial charge on any atom is -0.454 e. The number of benzene rings is 2. The van der Waals surface area contributed by atoms with Gasteiger partial charge in [-0.25, -0.2) is 0 Å². The second-order valence-electron chi connectivity index (χ2n) is 6.52. The average molecular weight is 420 g/mol. The van der Waals surface area contributed by atoms with Crippen molar-refractivity contribution in [3.8, 4) is 28.6 Å². The molecular weight excluding hydrogens is 405 g/mol. The summed E-state index contributed by atoms with van der Waals surface area (Å²) in [5.74, 6) is 3.30. The molecule has 2 aliphatic rings. The molecule has 138 valence electrons. The van der Waals surface area contributed by atoms with Crippen LogP contribution in [0.25, 0.3) is 17.1 Å². The summed E-state index contributed by atoms with van der Waals surface area (Å²) in [6.07, 6.45) is 0.817. The lowest BCUT2D eigenvalue weighted by atomic mass is 10.2. The molecule has 1 atom stereocenters. The van der Waals surface area contributed by atoms with Gasteiger partial charge in [0.05, 0.1) is 0 Å². The molecule has 0 unspecified atom stereocenters. The van der Waals surface area contributed by atoms with Crippen molar-refractivity contribution < 1.29 is 9.47 Å². The number of fused-ring (bicyclic) bond motifs is 1. The fraction of sp³-hybridized carbons (Fsp3) is 0.263. The molecule has 1 fully saturated rings. The molecule has 1 aliphatic carbocycles. The summed E-state index contributed by atoms with van der Waals surface area (Å²) in [5.41, 5.74) is 1.91. The Kier molecular flexibility index (Phi) is 4.22.